The summed E-state index contributed by atoms with van der Waals surface area (Å²) in [6.07, 6.45) is 11.8. The van der Waals surface area contributed by atoms with Crippen LogP contribution in [0.5, 0.6) is 0 Å². The van der Waals surface area contributed by atoms with Crippen LogP contribution in [0, 0.1) is 5.92 Å². The van der Waals surface area contributed by atoms with E-state index in [0.717, 1.165) is 25.1 Å². The van der Waals surface area contributed by atoms with Crippen LogP contribution in [0.25, 0.3) is 0 Å². The molecular formula is C24H38N2OS. The summed E-state index contributed by atoms with van der Waals surface area (Å²) in [5, 5.41) is 0. The molecule has 2 heterocycles. The molecule has 2 aliphatic heterocycles. The van der Waals surface area contributed by atoms with Gasteiger partial charge in [-0.1, -0.05) is 24.3 Å². The van der Waals surface area contributed by atoms with E-state index < -0.39 is 0 Å². The second kappa shape index (κ2) is 10.5. The van der Waals surface area contributed by atoms with Gasteiger partial charge in [0.05, 0.1) is 6.10 Å². The molecule has 3 nitrogen and oxygen atoms in total. The molecule has 1 aromatic carbocycles. The van der Waals surface area contributed by atoms with E-state index in [0.29, 0.717) is 6.10 Å². The Bertz CT molecular complexity index is 571. The molecule has 4 rings (SSSR count). The molecule has 156 valence electrons. The molecule has 0 radical (unpaired) electrons. The van der Waals surface area contributed by atoms with Gasteiger partial charge in [-0.2, -0.15) is 11.8 Å². The van der Waals surface area contributed by atoms with Crippen molar-refractivity contribution in [3.05, 3.63) is 35.4 Å². The van der Waals surface area contributed by atoms with Crippen molar-refractivity contribution in [2.75, 3.05) is 51.3 Å². The standard InChI is InChI=1S/C24H38N2OS/c1-28-15-5-11-25(19-24-8-4-14-27-24)18-20-9-12-26(13-10-20)23-16-21-6-2-3-7-22(21)17-23/h2-3,6-7,20,23-24H,4-5,8-19H2,1H3. The Morgan fingerprint density at radius 1 is 1.07 bits per heavy atom. The molecule has 0 saturated carbocycles. The Morgan fingerprint density at radius 2 is 1.82 bits per heavy atom. The largest absolute Gasteiger partial charge is 0.377 e. The molecule has 2 saturated heterocycles. The van der Waals surface area contributed by atoms with Gasteiger partial charge in [0, 0.05) is 25.7 Å². The first-order valence-corrected chi connectivity index (χ1v) is 12.8. The monoisotopic (exact) mass is 402 g/mol. The molecule has 0 N–H and O–H groups in total. The number of hydrogen-bond acceptors (Lipinski definition) is 4. The first-order chi connectivity index (χ1) is 13.8. The number of benzene rings is 1. The molecule has 3 aliphatic rings. The van der Waals surface area contributed by atoms with Crippen molar-refractivity contribution >= 4 is 11.8 Å². The number of piperidine rings is 1. The topological polar surface area (TPSA) is 15.7 Å². The lowest BCUT2D eigenvalue weighted by atomic mass is 9.94. The summed E-state index contributed by atoms with van der Waals surface area (Å²) in [7, 11) is 0. The van der Waals surface area contributed by atoms with Gasteiger partial charge in [0.1, 0.15) is 0 Å². The second-order valence-corrected chi connectivity index (χ2v) is 10.0. The summed E-state index contributed by atoms with van der Waals surface area (Å²) in [6, 6.07) is 9.82. The van der Waals surface area contributed by atoms with E-state index in [1.807, 2.05) is 11.8 Å². The van der Waals surface area contributed by atoms with Crippen LogP contribution in [-0.2, 0) is 17.6 Å². The van der Waals surface area contributed by atoms with Gasteiger partial charge in [0.15, 0.2) is 0 Å². The van der Waals surface area contributed by atoms with Crippen LogP contribution in [0.3, 0.4) is 0 Å². The second-order valence-electron chi connectivity index (χ2n) is 9.05. The molecule has 1 aliphatic carbocycles. The van der Waals surface area contributed by atoms with Crippen LogP contribution in [0.15, 0.2) is 24.3 Å². The number of likely N-dealkylation sites (tertiary alicyclic amines) is 1. The highest BCUT2D eigenvalue weighted by molar-refractivity contribution is 7.98. The predicted molar refractivity (Wildman–Crippen MR) is 120 cm³/mol. The normalized spacial score (nSPS) is 24.3. The summed E-state index contributed by atoms with van der Waals surface area (Å²) < 4.78 is 5.94. The van der Waals surface area contributed by atoms with Crippen molar-refractivity contribution in [1.29, 1.82) is 0 Å². The van der Waals surface area contributed by atoms with Crippen LogP contribution < -0.4 is 0 Å². The van der Waals surface area contributed by atoms with E-state index >= 15 is 0 Å². The summed E-state index contributed by atoms with van der Waals surface area (Å²) in [5.41, 5.74) is 3.18. The molecule has 1 unspecified atom stereocenters. The van der Waals surface area contributed by atoms with Gasteiger partial charge in [-0.25, -0.2) is 0 Å². The minimum Gasteiger partial charge on any atom is -0.377 e. The zero-order valence-corrected chi connectivity index (χ0v) is 18.5. The lowest BCUT2D eigenvalue weighted by Gasteiger charge is -2.38. The number of thioether (sulfide) groups is 1. The van der Waals surface area contributed by atoms with Crippen LogP contribution in [0.2, 0.25) is 0 Å². The molecular weight excluding hydrogens is 364 g/mol. The van der Waals surface area contributed by atoms with Gasteiger partial charge in [-0.3, -0.25) is 4.90 Å². The molecule has 0 amide bonds. The third-order valence-corrected chi connectivity index (χ3v) is 7.72. The Balaban J connectivity index is 1.23. The maximum atomic E-state index is 5.94. The number of ether oxygens (including phenoxy) is 1. The third-order valence-electron chi connectivity index (χ3n) is 7.02. The van der Waals surface area contributed by atoms with Gasteiger partial charge in [-0.05, 0) is 93.6 Å². The summed E-state index contributed by atoms with van der Waals surface area (Å²) in [4.78, 5) is 5.52. The van der Waals surface area contributed by atoms with Crippen LogP contribution >= 0.6 is 11.8 Å². The quantitative estimate of drug-likeness (QED) is 0.578. The fourth-order valence-electron chi connectivity index (χ4n) is 5.43. The zero-order valence-electron chi connectivity index (χ0n) is 17.7. The smallest absolute Gasteiger partial charge is 0.0702 e. The van der Waals surface area contributed by atoms with Gasteiger partial charge in [0.2, 0.25) is 0 Å². The molecule has 1 atom stereocenters. The average Bonchev–Trinajstić information content (AvgIpc) is 3.38. The minimum absolute atomic E-state index is 0.492. The van der Waals surface area contributed by atoms with Crippen LogP contribution in [0.4, 0.5) is 0 Å². The van der Waals surface area contributed by atoms with Crippen molar-refractivity contribution in [2.24, 2.45) is 5.92 Å². The van der Waals surface area contributed by atoms with E-state index in [1.54, 1.807) is 11.1 Å². The maximum absolute atomic E-state index is 5.94. The molecule has 0 bridgehead atoms. The molecule has 1 aromatic rings. The zero-order chi connectivity index (χ0) is 19.2. The van der Waals surface area contributed by atoms with E-state index in [4.69, 9.17) is 4.74 Å². The number of rotatable bonds is 9. The van der Waals surface area contributed by atoms with Gasteiger partial charge >= 0.3 is 0 Å². The summed E-state index contributed by atoms with van der Waals surface area (Å²) in [6.45, 7) is 7.26. The van der Waals surface area contributed by atoms with Crippen molar-refractivity contribution in [2.45, 2.75) is 57.1 Å². The molecule has 2 fully saturated rings. The molecule has 4 heteroatoms. The number of nitrogens with zero attached hydrogens (tertiary/aromatic N) is 2. The summed E-state index contributed by atoms with van der Waals surface area (Å²) in [5.74, 6) is 2.15. The Labute approximate surface area is 176 Å². The highest BCUT2D eigenvalue weighted by atomic mass is 32.2. The van der Waals surface area contributed by atoms with Crippen molar-refractivity contribution in [3.8, 4) is 0 Å². The molecule has 0 spiro atoms. The third kappa shape index (κ3) is 5.53. The number of hydrogen-bond donors (Lipinski definition) is 0. The van der Waals surface area contributed by atoms with Gasteiger partial charge in [-0.15, -0.1) is 0 Å². The van der Waals surface area contributed by atoms with Gasteiger partial charge < -0.3 is 9.64 Å². The fraction of sp³-hybridized carbons (Fsp3) is 0.750. The first kappa shape index (κ1) is 20.7. The van der Waals surface area contributed by atoms with Crippen molar-refractivity contribution in [1.82, 2.24) is 9.80 Å². The number of fused-ring (bicyclic) bond motifs is 1. The maximum Gasteiger partial charge on any atom is 0.0702 e. The Kier molecular flexibility index (Phi) is 7.75. The fourth-order valence-corrected chi connectivity index (χ4v) is 5.84. The first-order valence-electron chi connectivity index (χ1n) is 11.5. The van der Waals surface area contributed by atoms with Crippen LogP contribution in [0.1, 0.15) is 43.2 Å². The van der Waals surface area contributed by atoms with E-state index in [1.165, 1.54) is 76.9 Å². The van der Waals surface area contributed by atoms with Crippen LogP contribution in [-0.4, -0.2) is 73.3 Å². The molecule has 0 aromatic heterocycles. The Hall–Kier alpha value is -0.550. The summed E-state index contributed by atoms with van der Waals surface area (Å²) >= 11 is 1.98. The highest BCUT2D eigenvalue weighted by Crippen LogP contribution is 2.29. The van der Waals surface area contributed by atoms with Gasteiger partial charge in [0.25, 0.3) is 0 Å². The minimum atomic E-state index is 0.492. The lowest BCUT2D eigenvalue weighted by Crippen LogP contribution is -2.45. The SMILES string of the molecule is CSCCCN(CC1CCN(C2Cc3ccccc3C2)CC1)CC1CCCO1. The molecule has 28 heavy (non-hydrogen) atoms. The van der Waals surface area contributed by atoms with E-state index in [-0.39, 0.29) is 0 Å². The predicted octanol–water partition coefficient (Wildman–Crippen LogP) is 4.10. The van der Waals surface area contributed by atoms with Crippen molar-refractivity contribution < 1.29 is 4.74 Å². The van der Waals surface area contributed by atoms with E-state index in [9.17, 15) is 0 Å². The lowest BCUT2D eigenvalue weighted by molar-refractivity contribution is 0.0573. The highest BCUT2D eigenvalue weighted by Gasteiger charge is 2.30. The van der Waals surface area contributed by atoms with Crippen molar-refractivity contribution in [3.63, 3.8) is 0 Å². The Morgan fingerprint density at radius 3 is 2.46 bits per heavy atom. The average molecular weight is 403 g/mol. The van der Waals surface area contributed by atoms with E-state index in [2.05, 4.69) is 40.3 Å².